The summed E-state index contributed by atoms with van der Waals surface area (Å²) in [5, 5.41) is 12.7. The first-order valence-corrected chi connectivity index (χ1v) is 12.3. The van der Waals surface area contributed by atoms with Gasteiger partial charge < -0.3 is 15.7 Å². The summed E-state index contributed by atoms with van der Waals surface area (Å²) >= 11 is 1.81. The average Bonchev–Trinajstić information content (AvgIpc) is 3.22. The van der Waals surface area contributed by atoms with Crippen molar-refractivity contribution >= 4 is 11.3 Å². The standard InChI is InChI=1S/C25H37N3OS/c1-24(2)9-10-25(3,4)21-13-18(5-6-20(21)24)22-16-30-23(27-22)17-7-11-28(12-8-17)14-19(26)15-29/h5-6,13,16-17,19,29H,7-12,14-15,26H2,1-4H3/t19-/m1/s1. The predicted octanol–water partition coefficient (Wildman–Crippen LogP) is 4.66. The van der Waals surface area contributed by atoms with E-state index in [9.17, 15) is 5.11 Å². The van der Waals surface area contributed by atoms with Gasteiger partial charge in [0.05, 0.1) is 17.3 Å². The summed E-state index contributed by atoms with van der Waals surface area (Å²) in [7, 11) is 0. The Labute approximate surface area is 185 Å². The zero-order valence-electron chi connectivity index (χ0n) is 18.9. The lowest BCUT2D eigenvalue weighted by Gasteiger charge is -2.42. The molecule has 1 fully saturated rings. The van der Waals surface area contributed by atoms with Gasteiger partial charge in [0.2, 0.25) is 0 Å². The number of nitrogens with two attached hydrogens (primary N) is 1. The fourth-order valence-electron chi connectivity index (χ4n) is 5.11. The maximum absolute atomic E-state index is 9.18. The molecule has 164 valence electrons. The lowest BCUT2D eigenvalue weighted by molar-refractivity contribution is 0.171. The van der Waals surface area contributed by atoms with Crippen LogP contribution in [-0.4, -0.2) is 47.3 Å². The number of rotatable bonds is 5. The van der Waals surface area contributed by atoms with Crippen molar-refractivity contribution in [3.63, 3.8) is 0 Å². The van der Waals surface area contributed by atoms with Crippen LogP contribution >= 0.6 is 11.3 Å². The zero-order chi connectivity index (χ0) is 21.5. The molecule has 0 saturated carbocycles. The van der Waals surface area contributed by atoms with E-state index in [-0.39, 0.29) is 23.5 Å². The topological polar surface area (TPSA) is 62.4 Å². The SMILES string of the molecule is CC1(C)CCC(C)(C)c2cc(-c3csc(C4CCN(C[C@@H](N)CO)CC4)n3)ccc21. The van der Waals surface area contributed by atoms with Crippen LogP contribution in [-0.2, 0) is 10.8 Å². The van der Waals surface area contributed by atoms with Crippen molar-refractivity contribution in [1.29, 1.82) is 0 Å². The van der Waals surface area contributed by atoms with Crippen LogP contribution in [0.15, 0.2) is 23.6 Å². The Morgan fingerprint density at radius 3 is 2.47 bits per heavy atom. The minimum Gasteiger partial charge on any atom is -0.395 e. The fraction of sp³-hybridized carbons (Fsp3) is 0.640. The van der Waals surface area contributed by atoms with Crippen LogP contribution in [0.4, 0.5) is 0 Å². The molecule has 3 N–H and O–H groups in total. The Morgan fingerprint density at radius 2 is 1.80 bits per heavy atom. The summed E-state index contributed by atoms with van der Waals surface area (Å²) in [6, 6.07) is 6.91. The normalized spacial score (nSPS) is 22.6. The van der Waals surface area contributed by atoms with Crippen molar-refractivity contribution in [1.82, 2.24) is 9.88 Å². The number of fused-ring (bicyclic) bond motifs is 1. The molecule has 1 aromatic carbocycles. The molecule has 2 heterocycles. The molecule has 1 atom stereocenters. The third-order valence-electron chi connectivity index (χ3n) is 7.33. The van der Waals surface area contributed by atoms with Crippen LogP contribution in [0.1, 0.15) is 75.4 Å². The number of nitrogens with zero attached hydrogens (tertiary/aromatic N) is 2. The summed E-state index contributed by atoms with van der Waals surface area (Å²) in [5.41, 5.74) is 11.8. The first kappa shape index (κ1) is 21.9. The smallest absolute Gasteiger partial charge is 0.0964 e. The van der Waals surface area contributed by atoms with E-state index >= 15 is 0 Å². The lowest BCUT2D eigenvalue weighted by atomic mass is 9.63. The highest BCUT2D eigenvalue weighted by Gasteiger charge is 2.37. The number of aliphatic hydroxyl groups is 1. The summed E-state index contributed by atoms with van der Waals surface area (Å²) in [4.78, 5) is 7.45. The number of likely N-dealkylation sites (tertiary alicyclic amines) is 1. The van der Waals surface area contributed by atoms with Gasteiger partial charge in [0, 0.05) is 29.4 Å². The van der Waals surface area contributed by atoms with Gasteiger partial charge in [-0.3, -0.25) is 0 Å². The van der Waals surface area contributed by atoms with E-state index in [1.807, 2.05) is 11.3 Å². The number of thiazole rings is 1. The van der Waals surface area contributed by atoms with Gasteiger partial charge in [-0.1, -0.05) is 39.8 Å². The van der Waals surface area contributed by atoms with Gasteiger partial charge in [-0.25, -0.2) is 4.98 Å². The molecule has 2 aliphatic rings. The number of hydrogen-bond acceptors (Lipinski definition) is 5. The van der Waals surface area contributed by atoms with Gasteiger partial charge in [-0.05, 0) is 66.8 Å². The summed E-state index contributed by atoms with van der Waals surface area (Å²) in [6.07, 6.45) is 4.72. The largest absolute Gasteiger partial charge is 0.395 e. The van der Waals surface area contributed by atoms with Crippen LogP contribution < -0.4 is 5.73 Å². The molecule has 4 nitrogen and oxygen atoms in total. The highest BCUT2D eigenvalue weighted by atomic mass is 32.1. The lowest BCUT2D eigenvalue weighted by Crippen LogP contribution is -2.43. The van der Waals surface area contributed by atoms with E-state index in [2.05, 4.69) is 56.2 Å². The molecule has 1 aliphatic heterocycles. The van der Waals surface area contributed by atoms with E-state index in [4.69, 9.17) is 10.7 Å². The Hall–Kier alpha value is -1.27. The number of piperidine rings is 1. The molecular formula is C25H37N3OS. The van der Waals surface area contributed by atoms with E-state index in [1.54, 1.807) is 0 Å². The van der Waals surface area contributed by atoms with Gasteiger partial charge in [0.25, 0.3) is 0 Å². The van der Waals surface area contributed by atoms with Crippen molar-refractivity contribution in [3.05, 3.63) is 39.7 Å². The predicted molar refractivity (Wildman–Crippen MR) is 126 cm³/mol. The molecule has 4 rings (SSSR count). The quantitative estimate of drug-likeness (QED) is 0.729. The number of aromatic nitrogens is 1. The minimum absolute atomic E-state index is 0.0601. The third kappa shape index (κ3) is 4.36. The molecule has 0 unspecified atom stereocenters. The maximum Gasteiger partial charge on any atom is 0.0964 e. The Bertz CT molecular complexity index is 880. The summed E-state index contributed by atoms with van der Waals surface area (Å²) in [5.74, 6) is 0.540. The van der Waals surface area contributed by atoms with Crippen LogP contribution in [0.3, 0.4) is 0 Å². The monoisotopic (exact) mass is 427 g/mol. The number of aliphatic hydroxyl groups excluding tert-OH is 1. The molecular weight excluding hydrogens is 390 g/mol. The van der Waals surface area contributed by atoms with E-state index in [0.717, 1.165) is 38.2 Å². The fourth-order valence-corrected chi connectivity index (χ4v) is 6.11. The van der Waals surface area contributed by atoms with Crippen molar-refractivity contribution in [2.24, 2.45) is 5.73 Å². The van der Waals surface area contributed by atoms with Crippen molar-refractivity contribution in [3.8, 4) is 11.3 Å². The first-order valence-electron chi connectivity index (χ1n) is 11.4. The Kier molecular flexibility index (Phi) is 6.10. The third-order valence-corrected chi connectivity index (χ3v) is 8.34. The average molecular weight is 428 g/mol. The van der Waals surface area contributed by atoms with E-state index in [1.165, 1.54) is 34.5 Å². The first-order chi connectivity index (χ1) is 14.2. The molecule has 0 radical (unpaired) electrons. The second-order valence-electron chi connectivity index (χ2n) is 10.6. The van der Waals surface area contributed by atoms with Crippen molar-refractivity contribution < 1.29 is 5.11 Å². The van der Waals surface area contributed by atoms with E-state index < -0.39 is 0 Å². The molecule has 2 aromatic rings. The zero-order valence-corrected chi connectivity index (χ0v) is 19.8. The van der Waals surface area contributed by atoms with Crippen molar-refractivity contribution in [2.75, 3.05) is 26.2 Å². The molecule has 0 amide bonds. The van der Waals surface area contributed by atoms with Crippen molar-refractivity contribution in [2.45, 2.75) is 76.2 Å². The molecule has 1 saturated heterocycles. The van der Waals surface area contributed by atoms with E-state index in [0.29, 0.717) is 5.92 Å². The van der Waals surface area contributed by atoms with Crippen LogP contribution in [0.25, 0.3) is 11.3 Å². The minimum atomic E-state index is -0.133. The molecule has 5 heteroatoms. The second kappa shape index (κ2) is 8.34. The van der Waals surface area contributed by atoms with Crippen LogP contribution in [0.5, 0.6) is 0 Å². The maximum atomic E-state index is 9.18. The van der Waals surface area contributed by atoms with Gasteiger partial charge in [0.1, 0.15) is 0 Å². The van der Waals surface area contributed by atoms with Gasteiger partial charge in [0.15, 0.2) is 0 Å². The van der Waals surface area contributed by atoms with Crippen LogP contribution in [0, 0.1) is 0 Å². The molecule has 0 bridgehead atoms. The van der Waals surface area contributed by atoms with Gasteiger partial charge in [-0.15, -0.1) is 11.3 Å². The second-order valence-corrected chi connectivity index (χ2v) is 11.5. The number of hydrogen-bond donors (Lipinski definition) is 2. The molecule has 0 spiro atoms. The van der Waals surface area contributed by atoms with Crippen LogP contribution in [0.2, 0.25) is 0 Å². The summed E-state index contributed by atoms with van der Waals surface area (Å²) < 4.78 is 0. The van der Waals surface area contributed by atoms with Gasteiger partial charge >= 0.3 is 0 Å². The Balaban J connectivity index is 1.50. The highest BCUT2D eigenvalue weighted by Crippen LogP contribution is 2.47. The number of benzene rings is 1. The molecule has 1 aliphatic carbocycles. The highest BCUT2D eigenvalue weighted by molar-refractivity contribution is 7.10. The summed E-state index contributed by atoms with van der Waals surface area (Å²) in [6.45, 7) is 12.4. The molecule has 1 aromatic heterocycles. The Morgan fingerprint density at radius 1 is 1.13 bits per heavy atom. The molecule has 30 heavy (non-hydrogen) atoms. The van der Waals surface area contributed by atoms with Gasteiger partial charge in [-0.2, -0.15) is 0 Å².